The van der Waals surface area contributed by atoms with Crippen molar-refractivity contribution in [2.45, 2.75) is 20.5 Å². The van der Waals surface area contributed by atoms with Gasteiger partial charge in [-0.2, -0.15) is 0 Å². The molecule has 0 saturated carbocycles. The van der Waals surface area contributed by atoms with E-state index in [9.17, 15) is 9.90 Å². The molecule has 6 heteroatoms. The summed E-state index contributed by atoms with van der Waals surface area (Å²) in [6.07, 6.45) is 2.69. The number of carbonyl (C=O) groups is 1. The van der Waals surface area contributed by atoms with E-state index in [1.165, 1.54) is 18.5 Å². The SMILES string of the molecule is CCOCCOCc1cccc(NC(=O)c2cncc(O)c2)c1C. The number of nitrogens with one attached hydrogen (secondary N) is 1. The Morgan fingerprint density at radius 3 is 2.79 bits per heavy atom. The molecule has 0 radical (unpaired) electrons. The Morgan fingerprint density at radius 1 is 1.25 bits per heavy atom. The van der Waals surface area contributed by atoms with Crippen LogP contribution < -0.4 is 5.32 Å². The Morgan fingerprint density at radius 2 is 2.04 bits per heavy atom. The molecule has 1 aromatic carbocycles. The molecule has 0 spiro atoms. The van der Waals surface area contributed by atoms with E-state index >= 15 is 0 Å². The van der Waals surface area contributed by atoms with Crippen LogP contribution in [0, 0.1) is 6.92 Å². The lowest BCUT2D eigenvalue weighted by Gasteiger charge is -2.13. The van der Waals surface area contributed by atoms with E-state index in [1.54, 1.807) is 0 Å². The number of nitrogens with zero attached hydrogens (tertiary/aromatic N) is 1. The van der Waals surface area contributed by atoms with E-state index in [-0.39, 0.29) is 11.7 Å². The summed E-state index contributed by atoms with van der Waals surface area (Å²) in [7, 11) is 0. The number of hydrogen-bond acceptors (Lipinski definition) is 5. The lowest BCUT2D eigenvalue weighted by molar-refractivity contribution is 0.0451. The molecule has 1 heterocycles. The highest BCUT2D eigenvalue weighted by Gasteiger charge is 2.10. The van der Waals surface area contributed by atoms with Crippen molar-refractivity contribution in [3.05, 3.63) is 53.3 Å². The highest BCUT2D eigenvalue weighted by atomic mass is 16.5. The number of anilines is 1. The van der Waals surface area contributed by atoms with Crippen LogP contribution in [-0.2, 0) is 16.1 Å². The number of ether oxygens (including phenoxy) is 2. The molecular formula is C18H22N2O4. The van der Waals surface area contributed by atoms with E-state index < -0.39 is 0 Å². The van der Waals surface area contributed by atoms with E-state index in [0.29, 0.717) is 37.7 Å². The molecule has 2 N–H and O–H groups in total. The lowest BCUT2D eigenvalue weighted by atomic mass is 10.1. The summed E-state index contributed by atoms with van der Waals surface area (Å²) in [4.78, 5) is 16.1. The van der Waals surface area contributed by atoms with Gasteiger partial charge < -0.3 is 19.9 Å². The zero-order valence-corrected chi connectivity index (χ0v) is 13.9. The quantitative estimate of drug-likeness (QED) is 0.728. The minimum Gasteiger partial charge on any atom is -0.506 e. The van der Waals surface area contributed by atoms with Gasteiger partial charge in [-0.15, -0.1) is 0 Å². The zero-order chi connectivity index (χ0) is 17.4. The van der Waals surface area contributed by atoms with Crippen molar-refractivity contribution in [3.63, 3.8) is 0 Å². The molecular weight excluding hydrogens is 308 g/mol. The lowest BCUT2D eigenvalue weighted by Crippen LogP contribution is -2.13. The topological polar surface area (TPSA) is 80.7 Å². The number of aromatic nitrogens is 1. The average Bonchev–Trinajstić information content (AvgIpc) is 2.57. The molecule has 6 nitrogen and oxygen atoms in total. The molecule has 0 unspecified atom stereocenters. The van der Waals surface area contributed by atoms with Gasteiger partial charge in [-0.3, -0.25) is 9.78 Å². The summed E-state index contributed by atoms with van der Waals surface area (Å²) in [6, 6.07) is 7.03. The van der Waals surface area contributed by atoms with Crippen LogP contribution in [0.15, 0.2) is 36.7 Å². The van der Waals surface area contributed by atoms with Crippen LogP contribution in [0.4, 0.5) is 5.69 Å². The van der Waals surface area contributed by atoms with Crippen LogP contribution in [0.3, 0.4) is 0 Å². The predicted molar refractivity (Wildman–Crippen MR) is 91.2 cm³/mol. The molecule has 0 aliphatic rings. The number of benzene rings is 1. The molecule has 1 aromatic heterocycles. The molecule has 2 aromatic rings. The Balaban J connectivity index is 2.00. The third-order valence-electron chi connectivity index (χ3n) is 3.51. The third-order valence-corrected chi connectivity index (χ3v) is 3.51. The van der Waals surface area contributed by atoms with Gasteiger partial charge in [0.05, 0.1) is 31.6 Å². The fraction of sp³-hybridized carbons (Fsp3) is 0.333. The Bertz CT molecular complexity index is 688. The van der Waals surface area contributed by atoms with Crippen molar-refractivity contribution in [2.24, 2.45) is 0 Å². The maximum Gasteiger partial charge on any atom is 0.257 e. The van der Waals surface area contributed by atoms with Crippen LogP contribution in [-0.4, -0.2) is 35.8 Å². The Kier molecular flexibility index (Phi) is 6.72. The van der Waals surface area contributed by atoms with Gasteiger partial charge in [0, 0.05) is 18.5 Å². The van der Waals surface area contributed by atoms with Crippen molar-refractivity contribution in [1.82, 2.24) is 4.98 Å². The van der Waals surface area contributed by atoms with Gasteiger partial charge in [-0.1, -0.05) is 12.1 Å². The third kappa shape index (κ3) is 5.04. The van der Waals surface area contributed by atoms with E-state index in [2.05, 4.69) is 10.3 Å². The summed E-state index contributed by atoms with van der Waals surface area (Å²) in [5.41, 5.74) is 2.94. The molecule has 0 saturated heterocycles. The smallest absolute Gasteiger partial charge is 0.257 e. The van der Waals surface area contributed by atoms with Gasteiger partial charge in [0.25, 0.3) is 5.91 Å². The largest absolute Gasteiger partial charge is 0.506 e. The van der Waals surface area contributed by atoms with Crippen LogP contribution in [0.25, 0.3) is 0 Å². The van der Waals surface area contributed by atoms with Crippen molar-refractivity contribution < 1.29 is 19.4 Å². The van der Waals surface area contributed by atoms with Gasteiger partial charge in [-0.05, 0) is 37.1 Å². The first-order valence-corrected chi connectivity index (χ1v) is 7.81. The highest BCUT2D eigenvalue weighted by Crippen LogP contribution is 2.21. The van der Waals surface area contributed by atoms with Crippen molar-refractivity contribution in [2.75, 3.05) is 25.1 Å². The van der Waals surface area contributed by atoms with E-state index in [4.69, 9.17) is 9.47 Å². The molecule has 0 aliphatic carbocycles. The normalized spacial score (nSPS) is 10.6. The maximum absolute atomic E-state index is 12.3. The summed E-state index contributed by atoms with van der Waals surface area (Å²) in [6.45, 7) is 6.09. The average molecular weight is 330 g/mol. The molecule has 0 bridgehead atoms. The first-order chi connectivity index (χ1) is 11.6. The molecule has 2 rings (SSSR count). The van der Waals surface area contributed by atoms with Gasteiger partial charge in [0.1, 0.15) is 5.75 Å². The molecule has 24 heavy (non-hydrogen) atoms. The summed E-state index contributed by atoms with van der Waals surface area (Å²) < 4.78 is 10.8. The standard InChI is InChI=1S/C18H22N2O4/c1-3-23-7-8-24-12-14-5-4-6-17(13(14)2)20-18(22)15-9-16(21)11-19-10-15/h4-6,9-11,21H,3,7-8,12H2,1-2H3,(H,20,22). The first-order valence-electron chi connectivity index (χ1n) is 7.81. The van der Waals surface area contributed by atoms with E-state index in [0.717, 1.165) is 11.1 Å². The maximum atomic E-state index is 12.3. The summed E-state index contributed by atoms with van der Waals surface area (Å²) >= 11 is 0. The van der Waals surface area contributed by atoms with Crippen LogP contribution >= 0.6 is 0 Å². The van der Waals surface area contributed by atoms with Gasteiger partial charge in [0.15, 0.2) is 0 Å². The van der Waals surface area contributed by atoms with Crippen LogP contribution in [0.5, 0.6) is 5.75 Å². The van der Waals surface area contributed by atoms with Gasteiger partial charge >= 0.3 is 0 Å². The second-order valence-electron chi connectivity index (χ2n) is 5.23. The Hall–Kier alpha value is -2.44. The number of rotatable bonds is 8. The Labute approximate surface area is 141 Å². The van der Waals surface area contributed by atoms with Gasteiger partial charge in [0.2, 0.25) is 0 Å². The number of pyridine rings is 1. The first kappa shape index (κ1) is 17.9. The summed E-state index contributed by atoms with van der Waals surface area (Å²) in [5.74, 6) is -0.369. The highest BCUT2D eigenvalue weighted by molar-refractivity contribution is 6.04. The molecule has 128 valence electrons. The minimum atomic E-state index is -0.323. The second kappa shape index (κ2) is 9.00. The van der Waals surface area contributed by atoms with Gasteiger partial charge in [-0.25, -0.2) is 0 Å². The van der Waals surface area contributed by atoms with Crippen molar-refractivity contribution in [1.29, 1.82) is 0 Å². The second-order valence-corrected chi connectivity index (χ2v) is 5.23. The number of amides is 1. The monoisotopic (exact) mass is 330 g/mol. The zero-order valence-electron chi connectivity index (χ0n) is 13.9. The number of carbonyl (C=O) groups excluding carboxylic acids is 1. The molecule has 1 amide bonds. The molecule has 0 fully saturated rings. The minimum absolute atomic E-state index is 0.0455. The van der Waals surface area contributed by atoms with E-state index in [1.807, 2.05) is 32.0 Å². The predicted octanol–water partition coefficient (Wildman–Crippen LogP) is 2.90. The van der Waals surface area contributed by atoms with Crippen molar-refractivity contribution >= 4 is 11.6 Å². The van der Waals surface area contributed by atoms with Crippen molar-refractivity contribution in [3.8, 4) is 5.75 Å². The molecule has 0 aliphatic heterocycles. The fourth-order valence-electron chi connectivity index (χ4n) is 2.17. The number of aromatic hydroxyl groups is 1. The summed E-state index contributed by atoms with van der Waals surface area (Å²) in [5, 5.41) is 12.3. The van der Waals surface area contributed by atoms with Crippen LogP contribution in [0.2, 0.25) is 0 Å². The molecule has 0 atom stereocenters. The number of hydrogen-bond donors (Lipinski definition) is 2. The van der Waals surface area contributed by atoms with Crippen LogP contribution in [0.1, 0.15) is 28.4 Å². The fourth-order valence-corrected chi connectivity index (χ4v) is 2.17.